The van der Waals surface area contributed by atoms with Gasteiger partial charge in [0.15, 0.2) is 5.75 Å². The van der Waals surface area contributed by atoms with Crippen LogP contribution in [0.15, 0.2) is 29.1 Å². The summed E-state index contributed by atoms with van der Waals surface area (Å²) in [4.78, 5) is 0. The summed E-state index contributed by atoms with van der Waals surface area (Å²) in [5.74, 6) is 1.56. The second-order valence-corrected chi connectivity index (χ2v) is 4.60. The molecule has 2 aromatic heterocycles. The van der Waals surface area contributed by atoms with Crippen LogP contribution in [-0.4, -0.2) is 15.8 Å². The molecular formula is C13H19N3O2. The lowest BCUT2D eigenvalue weighted by molar-refractivity contribution is 0.270. The van der Waals surface area contributed by atoms with Gasteiger partial charge in [-0.2, -0.15) is 5.10 Å². The Morgan fingerprint density at radius 3 is 3.00 bits per heavy atom. The van der Waals surface area contributed by atoms with Gasteiger partial charge in [-0.15, -0.1) is 0 Å². The minimum absolute atomic E-state index is 0.424. The van der Waals surface area contributed by atoms with E-state index in [-0.39, 0.29) is 0 Å². The maximum atomic E-state index is 5.55. The molecule has 2 rings (SSSR count). The fraction of sp³-hybridized carbons (Fsp3) is 0.462. The van der Waals surface area contributed by atoms with Crippen molar-refractivity contribution in [2.24, 2.45) is 7.05 Å². The number of hydrogen-bond acceptors (Lipinski definition) is 4. The highest BCUT2D eigenvalue weighted by Crippen LogP contribution is 2.13. The minimum atomic E-state index is 0.424. The van der Waals surface area contributed by atoms with E-state index in [1.165, 1.54) is 0 Å². The van der Waals surface area contributed by atoms with Gasteiger partial charge in [-0.25, -0.2) is 0 Å². The number of aromatic nitrogens is 2. The van der Waals surface area contributed by atoms with Crippen molar-refractivity contribution in [2.45, 2.75) is 33.0 Å². The summed E-state index contributed by atoms with van der Waals surface area (Å²) in [5.41, 5.74) is 1.13. The Bertz CT molecular complexity index is 488. The van der Waals surface area contributed by atoms with Crippen molar-refractivity contribution in [3.05, 3.63) is 36.0 Å². The van der Waals surface area contributed by atoms with Crippen LogP contribution in [0.3, 0.4) is 0 Å². The number of hydrogen-bond donors (Lipinski definition) is 1. The van der Waals surface area contributed by atoms with Crippen molar-refractivity contribution >= 4 is 0 Å². The van der Waals surface area contributed by atoms with E-state index < -0.39 is 0 Å². The maximum absolute atomic E-state index is 5.55. The third-order valence-electron chi connectivity index (χ3n) is 2.48. The standard InChI is InChI=1S/C13H19N3O2/c1-10(2)14-5-11-4-12(17-8-11)9-18-13-6-15-16(3)7-13/h4,6-8,10,14H,5,9H2,1-3H3. The highest BCUT2D eigenvalue weighted by atomic mass is 16.5. The molecular weight excluding hydrogens is 230 g/mol. The summed E-state index contributed by atoms with van der Waals surface area (Å²) >= 11 is 0. The summed E-state index contributed by atoms with van der Waals surface area (Å²) in [6, 6.07) is 2.47. The summed E-state index contributed by atoms with van der Waals surface area (Å²) in [5, 5.41) is 7.37. The Hall–Kier alpha value is -1.75. The zero-order valence-corrected chi connectivity index (χ0v) is 11.0. The highest BCUT2D eigenvalue weighted by Gasteiger charge is 2.04. The molecule has 18 heavy (non-hydrogen) atoms. The molecule has 0 unspecified atom stereocenters. The number of ether oxygens (including phenoxy) is 1. The summed E-state index contributed by atoms with van der Waals surface area (Å²) in [7, 11) is 1.86. The quantitative estimate of drug-likeness (QED) is 0.851. The smallest absolute Gasteiger partial charge is 0.157 e. The number of nitrogens with one attached hydrogen (secondary N) is 1. The summed E-state index contributed by atoms with van der Waals surface area (Å²) in [6.07, 6.45) is 5.27. The Labute approximate surface area is 107 Å². The summed E-state index contributed by atoms with van der Waals surface area (Å²) in [6.45, 7) is 5.47. The lowest BCUT2D eigenvalue weighted by Gasteiger charge is -2.04. The fourth-order valence-corrected chi connectivity index (χ4v) is 1.54. The second kappa shape index (κ2) is 5.73. The number of furan rings is 1. The van der Waals surface area contributed by atoms with Crippen LogP contribution in [0.4, 0.5) is 0 Å². The van der Waals surface area contributed by atoms with Crippen LogP contribution in [-0.2, 0) is 20.2 Å². The molecule has 0 saturated heterocycles. The van der Waals surface area contributed by atoms with Crippen LogP contribution < -0.4 is 10.1 Å². The third-order valence-corrected chi connectivity index (χ3v) is 2.48. The SMILES string of the molecule is CC(C)NCc1coc(COc2cnn(C)c2)c1. The van der Waals surface area contributed by atoms with Crippen molar-refractivity contribution < 1.29 is 9.15 Å². The van der Waals surface area contributed by atoms with Crippen molar-refractivity contribution in [2.75, 3.05) is 0 Å². The second-order valence-electron chi connectivity index (χ2n) is 4.60. The van der Waals surface area contributed by atoms with E-state index >= 15 is 0 Å². The van der Waals surface area contributed by atoms with Crippen LogP contribution in [0.2, 0.25) is 0 Å². The minimum Gasteiger partial charge on any atom is -0.482 e. The molecule has 0 aromatic carbocycles. The van der Waals surface area contributed by atoms with E-state index in [1.807, 2.05) is 19.3 Å². The number of nitrogens with zero attached hydrogens (tertiary/aromatic N) is 2. The van der Waals surface area contributed by atoms with Crippen molar-refractivity contribution in [1.29, 1.82) is 0 Å². The molecule has 0 aliphatic rings. The molecule has 0 aliphatic heterocycles. The molecule has 0 radical (unpaired) electrons. The first kappa shape index (κ1) is 12.7. The molecule has 0 fully saturated rings. The average Bonchev–Trinajstić information content (AvgIpc) is 2.93. The molecule has 0 bridgehead atoms. The van der Waals surface area contributed by atoms with Crippen molar-refractivity contribution in [3.8, 4) is 5.75 Å². The monoisotopic (exact) mass is 249 g/mol. The molecule has 1 N–H and O–H groups in total. The van der Waals surface area contributed by atoms with Gasteiger partial charge in [-0.1, -0.05) is 13.8 Å². The highest BCUT2D eigenvalue weighted by molar-refractivity contribution is 5.15. The van der Waals surface area contributed by atoms with Gasteiger partial charge in [0.1, 0.15) is 12.4 Å². The van der Waals surface area contributed by atoms with Crippen LogP contribution in [0.5, 0.6) is 5.75 Å². The Morgan fingerprint density at radius 2 is 2.33 bits per heavy atom. The predicted molar refractivity (Wildman–Crippen MR) is 68.2 cm³/mol. The van der Waals surface area contributed by atoms with Gasteiger partial charge >= 0.3 is 0 Å². The van der Waals surface area contributed by atoms with E-state index in [9.17, 15) is 0 Å². The third kappa shape index (κ3) is 3.63. The Kier molecular flexibility index (Phi) is 4.04. The van der Waals surface area contributed by atoms with Gasteiger partial charge in [0.2, 0.25) is 0 Å². The van der Waals surface area contributed by atoms with Crippen LogP contribution in [0.1, 0.15) is 25.2 Å². The van der Waals surface area contributed by atoms with Gasteiger partial charge in [0.05, 0.1) is 18.7 Å². The van der Waals surface area contributed by atoms with Crippen molar-refractivity contribution in [1.82, 2.24) is 15.1 Å². The molecule has 5 nitrogen and oxygen atoms in total. The predicted octanol–water partition coefficient (Wildman–Crippen LogP) is 2.09. The zero-order chi connectivity index (χ0) is 13.0. The van der Waals surface area contributed by atoms with Crippen molar-refractivity contribution in [3.63, 3.8) is 0 Å². The molecule has 2 aromatic rings. The molecule has 0 atom stereocenters. The number of aryl methyl sites for hydroxylation is 1. The van der Waals surface area contributed by atoms with E-state index in [4.69, 9.17) is 9.15 Å². The van der Waals surface area contributed by atoms with E-state index in [0.717, 1.165) is 23.6 Å². The number of rotatable bonds is 6. The largest absolute Gasteiger partial charge is 0.482 e. The lowest BCUT2D eigenvalue weighted by Crippen LogP contribution is -2.21. The first-order valence-corrected chi connectivity index (χ1v) is 6.04. The van der Waals surface area contributed by atoms with Gasteiger partial charge in [0, 0.05) is 25.2 Å². The summed E-state index contributed by atoms with van der Waals surface area (Å²) < 4.78 is 12.7. The molecule has 5 heteroatoms. The van der Waals surface area contributed by atoms with Crippen LogP contribution in [0, 0.1) is 0 Å². The van der Waals surface area contributed by atoms with Gasteiger partial charge in [-0.3, -0.25) is 4.68 Å². The van der Waals surface area contributed by atoms with Crippen LogP contribution >= 0.6 is 0 Å². The molecule has 2 heterocycles. The van der Waals surface area contributed by atoms with Gasteiger partial charge < -0.3 is 14.5 Å². The maximum Gasteiger partial charge on any atom is 0.157 e. The zero-order valence-electron chi connectivity index (χ0n) is 11.0. The molecule has 0 saturated carbocycles. The molecule has 0 spiro atoms. The Morgan fingerprint density at radius 1 is 1.50 bits per heavy atom. The van der Waals surface area contributed by atoms with Gasteiger partial charge in [-0.05, 0) is 6.07 Å². The Balaban J connectivity index is 1.83. The van der Waals surface area contributed by atoms with Gasteiger partial charge in [0.25, 0.3) is 0 Å². The topological polar surface area (TPSA) is 52.2 Å². The van der Waals surface area contributed by atoms with E-state index in [1.54, 1.807) is 17.1 Å². The average molecular weight is 249 g/mol. The van der Waals surface area contributed by atoms with Crippen LogP contribution in [0.25, 0.3) is 0 Å². The molecule has 98 valence electrons. The first-order valence-electron chi connectivity index (χ1n) is 6.04. The lowest BCUT2D eigenvalue weighted by atomic mass is 10.3. The molecule has 0 amide bonds. The molecule has 0 aliphatic carbocycles. The normalized spacial score (nSPS) is 11.1. The van der Waals surface area contributed by atoms with E-state index in [2.05, 4.69) is 24.3 Å². The first-order chi connectivity index (χ1) is 8.63. The fourth-order valence-electron chi connectivity index (χ4n) is 1.54. The van der Waals surface area contributed by atoms with E-state index in [0.29, 0.717) is 12.6 Å².